The first kappa shape index (κ1) is 25.6. The number of ether oxygens (including phenoxy) is 1. The molecule has 1 aliphatic rings. The number of H-pyrrole nitrogens is 1. The van der Waals surface area contributed by atoms with Gasteiger partial charge in [0.25, 0.3) is 5.91 Å². The Hall–Kier alpha value is -2.67. The Morgan fingerprint density at radius 2 is 1.91 bits per heavy atom. The van der Waals surface area contributed by atoms with Gasteiger partial charge in [0, 0.05) is 31.7 Å². The number of rotatable bonds is 7. The van der Waals surface area contributed by atoms with Crippen LogP contribution < -0.4 is 15.8 Å². The fraction of sp³-hybridized carbons (Fsp3) is 0.500. The summed E-state index contributed by atoms with van der Waals surface area (Å²) in [6.45, 7) is 7.71. The molecule has 12 heteroatoms. The summed E-state index contributed by atoms with van der Waals surface area (Å²) in [4.78, 5) is 13.7. The van der Waals surface area contributed by atoms with Gasteiger partial charge in [0.2, 0.25) is 10.0 Å². The van der Waals surface area contributed by atoms with Crippen LogP contribution in [0.15, 0.2) is 23.1 Å². The fourth-order valence-electron chi connectivity index (χ4n) is 3.26. The van der Waals surface area contributed by atoms with Crippen molar-refractivity contribution >= 4 is 21.6 Å². The number of piperazine rings is 1. The Kier molecular flexibility index (Phi) is 8.61. The number of carbonyl (C=O) groups excluding carboxylic acids is 1. The summed E-state index contributed by atoms with van der Waals surface area (Å²) in [6.07, 6.45) is -1.38. The van der Waals surface area contributed by atoms with E-state index in [-0.39, 0.29) is 27.6 Å². The number of aliphatic hydroxyl groups is 1. The molecule has 1 aromatic carbocycles. The van der Waals surface area contributed by atoms with Crippen LogP contribution in [0.2, 0.25) is 0 Å². The highest BCUT2D eigenvalue weighted by atomic mass is 32.2. The molecule has 32 heavy (non-hydrogen) atoms. The normalized spacial score (nSPS) is 16.1. The van der Waals surface area contributed by atoms with Crippen molar-refractivity contribution < 1.29 is 23.1 Å². The van der Waals surface area contributed by atoms with Crippen molar-refractivity contribution in [1.29, 1.82) is 0 Å². The van der Waals surface area contributed by atoms with Gasteiger partial charge in [-0.05, 0) is 32.2 Å². The number of sulfonamides is 1. The highest BCUT2D eigenvalue weighted by Crippen LogP contribution is 2.31. The molecule has 1 aliphatic heterocycles. The molecule has 2 heterocycles. The Bertz CT molecular complexity index is 1030. The lowest BCUT2D eigenvalue weighted by molar-refractivity contribution is 0.0996. The number of nitrogens with one attached hydrogen (secondary N) is 2. The standard InChI is InChI=1S/C18H26N6O5S.C2H6/c1-11-15(16(17(19)25)22-21-11)20-18(26)13-10-12(4-5-14(13)29-3)30(27,28)24-8-6-23(2)7-9-24;1-2/h4-5,10,18,20,26H,6-9H2,1-3H3,(H2,19,25)(H,21,22);1-2H3. The number of benzene rings is 1. The SMILES string of the molecule is CC.COc1ccc(S(=O)(=O)N2CCN(C)CC2)cc1C(O)Nc1c(C(N)=O)n[nH]c1C. The van der Waals surface area contributed by atoms with Gasteiger partial charge in [-0.2, -0.15) is 9.40 Å². The van der Waals surface area contributed by atoms with Gasteiger partial charge in [-0.25, -0.2) is 8.42 Å². The predicted molar refractivity (Wildman–Crippen MR) is 121 cm³/mol. The lowest BCUT2D eigenvalue weighted by Crippen LogP contribution is -2.47. The van der Waals surface area contributed by atoms with Crippen molar-refractivity contribution in [2.24, 2.45) is 5.73 Å². The van der Waals surface area contributed by atoms with E-state index in [4.69, 9.17) is 10.5 Å². The average Bonchev–Trinajstić information content (AvgIpc) is 3.15. The van der Waals surface area contributed by atoms with Crippen LogP contribution in [0.3, 0.4) is 0 Å². The van der Waals surface area contributed by atoms with Crippen LogP contribution in [0.25, 0.3) is 0 Å². The second-order valence-corrected chi connectivity index (χ2v) is 9.03. The van der Waals surface area contributed by atoms with Crippen LogP contribution in [-0.2, 0) is 10.0 Å². The molecular weight excluding hydrogens is 436 g/mol. The Morgan fingerprint density at radius 1 is 1.28 bits per heavy atom. The van der Waals surface area contributed by atoms with E-state index in [1.165, 1.54) is 29.6 Å². The van der Waals surface area contributed by atoms with E-state index in [2.05, 4.69) is 20.4 Å². The van der Waals surface area contributed by atoms with E-state index in [9.17, 15) is 18.3 Å². The molecule has 0 bridgehead atoms. The molecule has 2 aromatic rings. The van der Waals surface area contributed by atoms with Gasteiger partial charge in [0.05, 0.1) is 23.4 Å². The van der Waals surface area contributed by atoms with Crippen molar-refractivity contribution in [2.45, 2.75) is 31.9 Å². The predicted octanol–water partition coefficient (Wildman–Crippen LogP) is 0.891. The number of likely N-dealkylation sites (N-methyl/N-ethyl adjacent to an activating group) is 1. The van der Waals surface area contributed by atoms with Crippen molar-refractivity contribution in [1.82, 2.24) is 19.4 Å². The third-order valence-corrected chi connectivity index (χ3v) is 6.95. The zero-order chi connectivity index (χ0) is 24.1. The van der Waals surface area contributed by atoms with Crippen LogP contribution in [0.5, 0.6) is 5.75 Å². The van der Waals surface area contributed by atoms with E-state index < -0.39 is 22.2 Å². The summed E-state index contributed by atoms with van der Waals surface area (Å²) in [5.74, 6) is -0.485. The highest BCUT2D eigenvalue weighted by molar-refractivity contribution is 7.89. The van der Waals surface area contributed by atoms with Gasteiger partial charge >= 0.3 is 0 Å². The first-order valence-electron chi connectivity index (χ1n) is 10.3. The molecule has 1 unspecified atom stereocenters. The van der Waals surface area contributed by atoms with Crippen molar-refractivity contribution in [3.63, 3.8) is 0 Å². The van der Waals surface area contributed by atoms with Crippen molar-refractivity contribution in [3.8, 4) is 5.75 Å². The third kappa shape index (κ3) is 5.38. The topological polar surface area (TPSA) is 154 Å². The van der Waals surface area contributed by atoms with Gasteiger partial charge in [-0.15, -0.1) is 0 Å². The van der Waals surface area contributed by atoms with Crippen LogP contribution in [-0.4, -0.2) is 79.2 Å². The van der Waals surface area contributed by atoms with Crippen molar-refractivity contribution in [2.75, 3.05) is 45.7 Å². The number of methoxy groups -OCH3 is 1. The minimum atomic E-state index is -3.74. The van der Waals surface area contributed by atoms with E-state index in [0.717, 1.165) is 0 Å². The van der Waals surface area contributed by atoms with E-state index in [1.807, 2.05) is 20.9 Å². The number of hydrogen-bond acceptors (Lipinski definition) is 8. The molecule has 5 N–H and O–H groups in total. The molecule has 3 rings (SSSR count). The molecular formula is C20H32N6O5S. The number of hydrogen-bond donors (Lipinski definition) is 4. The second kappa shape index (κ2) is 10.8. The minimum Gasteiger partial charge on any atom is -0.496 e. The van der Waals surface area contributed by atoms with Gasteiger partial charge in [-0.1, -0.05) is 13.8 Å². The second-order valence-electron chi connectivity index (χ2n) is 7.09. The lowest BCUT2D eigenvalue weighted by atomic mass is 10.1. The van der Waals surface area contributed by atoms with E-state index in [0.29, 0.717) is 31.9 Å². The largest absolute Gasteiger partial charge is 0.496 e. The fourth-order valence-corrected chi connectivity index (χ4v) is 4.72. The summed E-state index contributed by atoms with van der Waals surface area (Å²) in [5.41, 5.74) is 6.17. The molecule has 1 fully saturated rings. The first-order valence-corrected chi connectivity index (χ1v) is 11.7. The number of carbonyl (C=O) groups is 1. The maximum Gasteiger partial charge on any atom is 0.271 e. The average molecular weight is 469 g/mol. The number of nitrogens with zero attached hydrogens (tertiary/aromatic N) is 3. The number of anilines is 1. The first-order chi connectivity index (χ1) is 15.1. The Morgan fingerprint density at radius 3 is 2.47 bits per heavy atom. The summed E-state index contributed by atoms with van der Waals surface area (Å²) < 4.78 is 32.9. The Balaban J connectivity index is 0.00000176. The third-order valence-electron chi connectivity index (χ3n) is 5.06. The minimum absolute atomic E-state index is 0.0442. The van der Waals surface area contributed by atoms with Gasteiger partial charge in [0.1, 0.15) is 5.75 Å². The summed E-state index contributed by atoms with van der Waals surface area (Å²) >= 11 is 0. The molecule has 178 valence electrons. The molecule has 1 atom stereocenters. The van der Waals surface area contributed by atoms with Gasteiger partial charge in [0.15, 0.2) is 11.9 Å². The van der Waals surface area contributed by atoms with E-state index in [1.54, 1.807) is 6.92 Å². The molecule has 0 aliphatic carbocycles. The molecule has 0 saturated carbocycles. The monoisotopic (exact) mass is 468 g/mol. The molecule has 0 radical (unpaired) electrons. The summed E-state index contributed by atoms with van der Waals surface area (Å²) in [7, 11) is -0.384. The quantitative estimate of drug-likeness (QED) is 0.437. The number of aliphatic hydroxyl groups excluding tert-OH is 1. The smallest absolute Gasteiger partial charge is 0.271 e. The van der Waals surface area contributed by atoms with E-state index >= 15 is 0 Å². The maximum atomic E-state index is 13.1. The molecule has 1 amide bonds. The van der Waals surface area contributed by atoms with Crippen LogP contribution in [0, 0.1) is 6.92 Å². The van der Waals surface area contributed by atoms with Crippen molar-refractivity contribution in [3.05, 3.63) is 35.2 Å². The number of aromatic amines is 1. The number of nitrogens with two attached hydrogens (primary N) is 1. The Labute approximate surface area is 188 Å². The maximum absolute atomic E-state index is 13.1. The molecule has 1 saturated heterocycles. The van der Waals surface area contributed by atoms with Crippen LogP contribution in [0.1, 0.15) is 41.8 Å². The number of aryl methyl sites for hydroxylation is 1. The molecule has 0 spiro atoms. The summed E-state index contributed by atoms with van der Waals surface area (Å²) in [6, 6.07) is 4.30. The van der Waals surface area contributed by atoms with Gasteiger partial charge in [-0.3, -0.25) is 9.89 Å². The zero-order valence-corrected chi connectivity index (χ0v) is 19.9. The van der Waals surface area contributed by atoms with Gasteiger partial charge < -0.3 is 25.8 Å². The zero-order valence-electron chi connectivity index (χ0n) is 19.0. The number of amides is 1. The molecule has 1 aromatic heterocycles. The van der Waals surface area contributed by atoms with Crippen LogP contribution >= 0.6 is 0 Å². The number of primary amides is 1. The molecule has 11 nitrogen and oxygen atoms in total. The summed E-state index contributed by atoms with van der Waals surface area (Å²) in [5, 5.41) is 20.0. The highest BCUT2D eigenvalue weighted by Gasteiger charge is 2.29. The van der Waals surface area contributed by atoms with Crippen LogP contribution in [0.4, 0.5) is 5.69 Å². The lowest BCUT2D eigenvalue weighted by Gasteiger charge is -2.31. The number of aromatic nitrogens is 2.